The highest BCUT2D eigenvalue weighted by Crippen LogP contribution is 2.57. The summed E-state index contributed by atoms with van der Waals surface area (Å²) in [7, 11) is 0. The van der Waals surface area contributed by atoms with E-state index in [0.29, 0.717) is 34.2 Å². The van der Waals surface area contributed by atoms with Crippen molar-refractivity contribution in [2.45, 2.75) is 12.3 Å². The van der Waals surface area contributed by atoms with Crippen molar-refractivity contribution < 1.29 is 8.78 Å². The van der Waals surface area contributed by atoms with Gasteiger partial charge in [-0.05, 0) is 63.9 Å². The molecule has 0 bridgehead atoms. The van der Waals surface area contributed by atoms with Crippen molar-refractivity contribution in [1.82, 2.24) is 24.3 Å². The van der Waals surface area contributed by atoms with Crippen molar-refractivity contribution in [1.29, 1.82) is 0 Å². The van der Waals surface area contributed by atoms with Crippen LogP contribution in [0.15, 0.2) is 158 Å². The second-order valence-electron chi connectivity index (χ2n) is 14.0. The molecule has 0 amide bonds. The third-order valence-corrected chi connectivity index (χ3v) is 11.0. The Morgan fingerprint density at radius 2 is 1.15 bits per heavy atom. The number of benzene rings is 6. The Bertz CT molecular complexity index is 3000. The Balaban J connectivity index is 1.01. The highest BCUT2D eigenvalue weighted by molar-refractivity contribution is 6.14. The quantitative estimate of drug-likeness (QED) is 0.171. The van der Waals surface area contributed by atoms with Crippen LogP contribution < -0.4 is 0 Å². The second kappa shape index (κ2) is 11.6. The van der Waals surface area contributed by atoms with Crippen molar-refractivity contribution >= 4 is 49.5 Å². The molecule has 0 fully saturated rings. The highest BCUT2D eigenvalue weighted by Gasteiger charge is 2.52. The lowest BCUT2D eigenvalue weighted by molar-refractivity contribution is -0.0344. The van der Waals surface area contributed by atoms with Gasteiger partial charge in [-0.2, -0.15) is 0 Å². The molecule has 256 valence electrons. The van der Waals surface area contributed by atoms with Gasteiger partial charge >= 0.3 is 0 Å². The maximum absolute atomic E-state index is 16.8. The van der Waals surface area contributed by atoms with Crippen LogP contribution in [0.3, 0.4) is 0 Å². The van der Waals surface area contributed by atoms with E-state index in [1.807, 2.05) is 121 Å². The summed E-state index contributed by atoms with van der Waals surface area (Å²) in [5.41, 5.74) is 8.98. The summed E-state index contributed by atoms with van der Waals surface area (Å²) in [4.78, 5) is 19.4. The number of pyridine rings is 1. The number of alkyl halides is 2. The number of imidazole rings is 1. The standard InChI is InChI=1S/C47H29F2N5/c48-47(49)38-25-30(31-20-24-36-33-15-7-8-16-37(33)46-50-40-17-9-10-18-41(40)54(46)42(36)27-31)19-22-34(38)35-23-21-32(26-39(35)47)45-52-43(28-11-3-1-4-12-28)51-44(53-45)29-13-5-2-6-14-29/h1-25,27,39H,26H2. The molecular formula is C47H29F2N5. The van der Waals surface area contributed by atoms with Gasteiger partial charge in [-0.15, -0.1) is 0 Å². The van der Waals surface area contributed by atoms with Crippen LogP contribution in [-0.4, -0.2) is 24.3 Å². The summed E-state index contributed by atoms with van der Waals surface area (Å²) < 4.78 is 35.8. The first kappa shape index (κ1) is 30.7. The molecule has 2 aliphatic rings. The maximum Gasteiger partial charge on any atom is 0.280 e. The van der Waals surface area contributed by atoms with E-state index in [1.54, 1.807) is 6.07 Å². The average Bonchev–Trinajstić information content (AvgIpc) is 3.73. The maximum atomic E-state index is 16.8. The van der Waals surface area contributed by atoms with Crippen LogP contribution in [-0.2, 0) is 5.92 Å². The van der Waals surface area contributed by atoms with Gasteiger partial charge in [0, 0.05) is 27.5 Å². The first-order valence-electron chi connectivity index (χ1n) is 18.0. The monoisotopic (exact) mass is 701 g/mol. The normalized spacial score (nSPS) is 16.1. The Labute approximate surface area is 308 Å². The van der Waals surface area contributed by atoms with Crippen LogP contribution in [0.5, 0.6) is 0 Å². The van der Waals surface area contributed by atoms with Gasteiger partial charge in [-0.1, -0.05) is 133 Å². The molecule has 6 aromatic carbocycles. The summed E-state index contributed by atoms with van der Waals surface area (Å²) in [5.74, 6) is -2.72. The number of nitrogens with zero attached hydrogens (tertiary/aromatic N) is 5. The van der Waals surface area contributed by atoms with E-state index in [9.17, 15) is 0 Å². The second-order valence-corrected chi connectivity index (χ2v) is 14.0. The van der Waals surface area contributed by atoms with Gasteiger partial charge in [0.25, 0.3) is 5.92 Å². The van der Waals surface area contributed by atoms with E-state index in [0.717, 1.165) is 60.6 Å². The number of allylic oxidation sites excluding steroid dienone is 4. The molecule has 0 N–H and O–H groups in total. The Morgan fingerprint density at radius 3 is 1.91 bits per heavy atom. The largest absolute Gasteiger partial charge is 0.292 e. The number of rotatable bonds is 4. The van der Waals surface area contributed by atoms with E-state index in [1.165, 1.54) is 0 Å². The van der Waals surface area contributed by atoms with Crippen molar-refractivity contribution in [3.63, 3.8) is 0 Å². The lowest BCUT2D eigenvalue weighted by Crippen LogP contribution is -2.22. The van der Waals surface area contributed by atoms with Crippen molar-refractivity contribution in [2.75, 3.05) is 0 Å². The summed E-state index contributed by atoms with van der Waals surface area (Å²) in [6.07, 6.45) is 3.83. The van der Waals surface area contributed by atoms with Crippen LogP contribution in [0.25, 0.3) is 83.4 Å². The van der Waals surface area contributed by atoms with E-state index in [4.69, 9.17) is 19.9 Å². The first-order chi connectivity index (χ1) is 26.5. The van der Waals surface area contributed by atoms with Crippen molar-refractivity contribution in [3.8, 4) is 33.9 Å². The molecule has 9 aromatic rings. The van der Waals surface area contributed by atoms with E-state index >= 15 is 8.78 Å². The Morgan fingerprint density at radius 1 is 0.519 bits per heavy atom. The summed E-state index contributed by atoms with van der Waals surface area (Å²) in [6.45, 7) is 0. The zero-order valence-corrected chi connectivity index (χ0v) is 28.8. The molecule has 54 heavy (non-hydrogen) atoms. The van der Waals surface area contributed by atoms with E-state index in [-0.39, 0.29) is 12.0 Å². The fourth-order valence-electron chi connectivity index (χ4n) is 8.35. The lowest BCUT2D eigenvalue weighted by atomic mass is 9.85. The summed E-state index contributed by atoms with van der Waals surface area (Å²) >= 11 is 0. The minimum Gasteiger partial charge on any atom is -0.292 e. The number of halogens is 2. The summed E-state index contributed by atoms with van der Waals surface area (Å²) in [6, 6.07) is 47.5. The lowest BCUT2D eigenvalue weighted by Gasteiger charge is -2.24. The Kier molecular flexibility index (Phi) is 6.59. The predicted molar refractivity (Wildman–Crippen MR) is 212 cm³/mol. The highest BCUT2D eigenvalue weighted by atomic mass is 19.3. The van der Waals surface area contributed by atoms with Crippen LogP contribution in [0.2, 0.25) is 0 Å². The van der Waals surface area contributed by atoms with Crippen LogP contribution >= 0.6 is 0 Å². The molecule has 7 heteroatoms. The van der Waals surface area contributed by atoms with Gasteiger partial charge in [-0.3, -0.25) is 4.40 Å². The van der Waals surface area contributed by atoms with Gasteiger partial charge in [0.2, 0.25) is 0 Å². The van der Waals surface area contributed by atoms with E-state index < -0.39 is 11.8 Å². The molecule has 0 aliphatic heterocycles. The molecule has 0 saturated heterocycles. The van der Waals surface area contributed by atoms with Crippen LogP contribution in [0.1, 0.15) is 23.4 Å². The molecule has 1 unspecified atom stereocenters. The third kappa shape index (κ3) is 4.61. The zero-order chi connectivity index (χ0) is 36.0. The zero-order valence-electron chi connectivity index (χ0n) is 28.8. The number of para-hydroxylation sites is 2. The smallest absolute Gasteiger partial charge is 0.280 e. The SMILES string of the molecule is FC1(F)c2cc(-c3ccc4c5ccccc5c5nc6ccccc6n5c4c3)ccc2C2=CC=C(c3nc(-c4ccccc4)nc(-c4ccccc4)n3)CC21. The molecule has 0 saturated carbocycles. The number of hydrogen-bond acceptors (Lipinski definition) is 4. The molecule has 0 spiro atoms. The van der Waals surface area contributed by atoms with Crippen LogP contribution in [0, 0.1) is 5.92 Å². The minimum absolute atomic E-state index is 0.0494. The molecule has 2 aliphatic carbocycles. The number of hydrogen-bond donors (Lipinski definition) is 0. The van der Waals surface area contributed by atoms with Gasteiger partial charge < -0.3 is 0 Å². The molecular weight excluding hydrogens is 673 g/mol. The van der Waals surface area contributed by atoms with Gasteiger partial charge in [0.15, 0.2) is 17.5 Å². The predicted octanol–water partition coefficient (Wildman–Crippen LogP) is 11.6. The molecule has 0 radical (unpaired) electrons. The van der Waals surface area contributed by atoms with Crippen molar-refractivity contribution in [2.24, 2.45) is 5.92 Å². The Hall–Kier alpha value is -6.86. The third-order valence-electron chi connectivity index (χ3n) is 11.0. The number of aromatic nitrogens is 5. The van der Waals surface area contributed by atoms with E-state index in [2.05, 4.69) is 34.7 Å². The average molecular weight is 702 g/mol. The molecule has 1 atom stereocenters. The van der Waals surface area contributed by atoms with Gasteiger partial charge in [0.05, 0.1) is 22.5 Å². The molecule has 3 heterocycles. The minimum atomic E-state index is -3.10. The molecule has 3 aromatic heterocycles. The fourth-order valence-corrected chi connectivity index (χ4v) is 8.35. The number of fused-ring (bicyclic) bond motifs is 11. The molecule has 5 nitrogen and oxygen atoms in total. The van der Waals surface area contributed by atoms with Crippen molar-refractivity contribution in [3.05, 3.63) is 175 Å². The van der Waals surface area contributed by atoms with Gasteiger partial charge in [-0.25, -0.2) is 28.7 Å². The van der Waals surface area contributed by atoms with Gasteiger partial charge in [0.1, 0.15) is 5.65 Å². The first-order valence-corrected chi connectivity index (χ1v) is 18.0. The molecule has 11 rings (SSSR count). The van der Waals surface area contributed by atoms with Crippen LogP contribution in [0.4, 0.5) is 8.78 Å². The fraction of sp³-hybridized carbons (Fsp3) is 0.0638. The topological polar surface area (TPSA) is 56.0 Å². The summed E-state index contributed by atoms with van der Waals surface area (Å²) in [5, 5.41) is 3.25.